The maximum absolute atomic E-state index is 9.62. The SMILES string of the molecule is C#C[C@](C)(O)c1cn(C)c(C)n1. The van der Waals surface area contributed by atoms with E-state index in [4.69, 9.17) is 6.42 Å². The van der Waals surface area contributed by atoms with Crippen LogP contribution in [0.15, 0.2) is 6.20 Å². The van der Waals surface area contributed by atoms with Crippen molar-refractivity contribution in [2.45, 2.75) is 19.4 Å². The summed E-state index contributed by atoms with van der Waals surface area (Å²) in [6.07, 6.45) is 6.88. The average Bonchev–Trinajstić information content (AvgIpc) is 2.33. The molecule has 3 heteroatoms. The van der Waals surface area contributed by atoms with E-state index in [9.17, 15) is 5.11 Å². The van der Waals surface area contributed by atoms with E-state index in [1.165, 1.54) is 0 Å². The molecule has 3 nitrogen and oxygen atoms in total. The Kier molecular flexibility index (Phi) is 1.95. The van der Waals surface area contributed by atoms with Crippen LogP contribution in [0.25, 0.3) is 0 Å². The van der Waals surface area contributed by atoms with E-state index in [0.717, 1.165) is 5.82 Å². The molecular formula is C9H12N2O. The summed E-state index contributed by atoms with van der Waals surface area (Å²) in [6, 6.07) is 0. The molecule has 0 aliphatic heterocycles. The summed E-state index contributed by atoms with van der Waals surface area (Å²) in [5.41, 5.74) is -0.739. The van der Waals surface area contributed by atoms with E-state index in [1.807, 2.05) is 18.5 Å². The summed E-state index contributed by atoms with van der Waals surface area (Å²) in [7, 11) is 1.86. The van der Waals surface area contributed by atoms with Gasteiger partial charge in [0.15, 0.2) is 5.60 Å². The second kappa shape index (κ2) is 2.65. The van der Waals surface area contributed by atoms with Gasteiger partial charge in [-0.15, -0.1) is 6.42 Å². The van der Waals surface area contributed by atoms with E-state index in [2.05, 4.69) is 10.9 Å². The van der Waals surface area contributed by atoms with E-state index >= 15 is 0 Å². The van der Waals surface area contributed by atoms with Crippen LogP contribution in [0.4, 0.5) is 0 Å². The predicted octanol–water partition coefficient (Wildman–Crippen LogP) is 0.569. The highest BCUT2D eigenvalue weighted by atomic mass is 16.3. The maximum Gasteiger partial charge on any atom is 0.166 e. The monoisotopic (exact) mass is 164 g/mol. The largest absolute Gasteiger partial charge is 0.372 e. The fourth-order valence-corrected chi connectivity index (χ4v) is 0.867. The Labute approximate surface area is 72.1 Å². The molecule has 64 valence electrons. The number of aryl methyl sites for hydroxylation is 2. The Bertz CT molecular complexity index is 311. The normalized spacial score (nSPS) is 15.2. The first-order valence-electron chi connectivity index (χ1n) is 3.68. The summed E-state index contributed by atoms with van der Waals surface area (Å²) < 4.78 is 1.82. The van der Waals surface area contributed by atoms with Crippen LogP contribution in [0.3, 0.4) is 0 Å². The summed E-state index contributed by atoms with van der Waals surface area (Å²) in [6.45, 7) is 3.41. The van der Waals surface area contributed by atoms with Gasteiger partial charge in [-0.1, -0.05) is 5.92 Å². The summed E-state index contributed by atoms with van der Waals surface area (Å²) >= 11 is 0. The van der Waals surface area contributed by atoms with Gasteiger partial charge in [-0.3, -0.25) is 0 Å². The molecular weight excluding hydrogens is 152 g/mol. The Balaban J connectivity index is 3.14. The molecule has 0 aromatic carbocycles. The molecule has 0 aliphatic rings. The van der Waals surface area contributed by atoms with Crippen LogP contribution in [-0.2, 0) is 12.6 Å². The molecule has 12 heavy (non-hydrogen) atoms. The molecule has 0 amide bonds. The molecule has 0 saturated carbocycles. The molecule has 0 bridgehead atoms. The van der Waals surface area contributed by atoms with Crippen molar-refractivity contribution < 1.29 is 5.11 Å². The number of aliphatic hydroxyl groups is 1. The second-order valence-corrected chi connectivity index (χ2v) is 3.00. The third-order valence-corrected chi connectivity index (χ3v) is 1.89. The fraction of sp³-hybridized carbons (Fsp3) is 0.444. The van der Waals surface area contributed by atoms with Gasteiger partial charge in [0.05, 0.1) is 0 Å². The molecule has 1 aromatic heterocycles. The van der Waals surface area contributed by atoms with Crippen molar-refractivity contribution in [1.82, 2.24) is 9.55 Å². The number of hydrogen-bond donors (Lipinski definition) is 1. The smallest absolute Gasteiger partial charge is 0.166 e. The number of terminal acetylenes is 1. The Morgan fingerprint density at radius 1 is 1.75 bits per heavy atom. The molecule has 0 unspecified atom stereocenters. The minimum atomic E-state index is -1.26. The minimum absolute atomic E-state index is 0.519. The zero-order valence-corrected chi connectivity index (χ0v) is 7.50. The summed E-state index contributed by atoms with van der Waals surface area (Å²) in [5, 5.41) is 9.62. The first-order chi connectivity index (χ1) is 5.47. The highest BCUT2D eigenvalue weighted by molar-refractivity contribution is 5.21. The van der Waals surface area contributed by atoms with Crippen LogP contribution >= 0.6 is 0 Å². The van der Waals surface area contributed by atoms with Crippen LogP contribution in [0.2, 0.25) is 0 Å². The quantitative estimate of drug-likeness (QED) is 0.616. The molecule has 1 rings (SSSR count). The lowest BCUT2D eigenvalue weighted by Gasteiger charge is -2.11. The third kappa shape index (κ3) is 1.34. The van der Waals surface area contributed by atoms with Crippen molar-refractivity contribution in [3.63, 3.8) is 0 Å². The number of rotatable bonds is 1. The Hall–Kier alpha value is -1.27. The highest BCUT2D eigenvalue weighted by Crippen LogP contribution is 2.17. The van der Waals surface area contributed by atoms with Gasteiger partial charge < -0.3 is 9.67 Å². The fourth-order valence-electron chi connectivity index (χ4n) is 0.867. The van der Waals surface area contributed by atoms with Crippen LogP contribution in [0, 0.1) is 19.3 Å². The van der Waals surface area contributed by atoms with Crippen LogP contribution in [0.5, 0.6) is 0 Å². The summed E-state index contributed by atoms with van der Waals surface area (Å²) in [4.78, 5) is 4.12. The molecule has 0 radical (unpaired) electrons. The Morgan fingerprint density at radius 2 is 2.33 bits per heavy atom. The average molecular weight is 164 g/mol. The van der Waals surface area contributed by atoms with Gasteiger partial charge in [0.2, 0.25) is 0 Å². The van der Waals surface area contributed by atoms with Crippen LogP contribution in [0.1, 0.15) is 18.4 Å². The molecule has 1 N–H and O–H groups in total. The van der Waals surface area contributed by atoms with Gasteiger partial charge in [0.25, 0.3) is 0 Å². The highest BCUT2D eigenvalue weighted by Gasteiger charge is 2.22. The van der Waals surface area contributed by atoms with Crippen molar-refractivity contribution in [2.24, 2.45) is 7.05 Å². The lowest BCUT2D eigenvalue weighted by Crippen LogP contribution is -2.18. The van der Waals surface area contributed by atoms with Gasteiger partial charge in [0, 0.05) is 13.2 Å². The number of aromatic nitrogens is 2. The molecule has 0 aliphatic carbocycles. The van der Waals surface area contributed by atoms with E-state index in [-0.39, 0.29) is 0 Å². The lowest BCUT2D eigenvalue weighted by molar-refractivity contribution is 0.118. The molecule has 0 spiro atoms. The molecule has 1 atom stereocenters. The molecule has 1 heterocycles. The third-order valence-electron chi connectivity index (χ3n) is 1.89. The predicted molar refractivity (Wildman–Crippen MR) is 46.3 cm³/mol. The first-order valence-corrected chi connectivity index (χ1v) is 3.68. The molecule has 0 fully saturated rings. The van der Waals surface area contributed by atoms with Gasteiger partial charge in [-0.25, -0.2) is 4.98 Å². The van der Waals surface area contributed by atoms with E-state index < -0.39 is 5.60 Å². The van der Waals surface area contributed by atoms with E-state index in [1.54, 1.807) is 13.1 Å². The van der Waals surface area contributed by atoms with Crippen molar-refractivity contribution in [3.8, 4) is 12.3 Å². The first kappa shape index (κ1) is 8.82. The summed E-state index contributed by atoms with van der Waals surface area (Å²) in [5.74, 6) is 3.11. The topological polar surface area (TPSA) is 38.0 Å². The lowest BCUT2D eigenvalue weighted by atomic mass is 10.1. The van der Waals surface area contributed by atoms with Crippen molar-refractivity contribution >= 4 is 0 Å². The maximum atomic E-state index is 9.62. The number of imidazole rings is 1. The van der Waals surface area contributed by atoms with Crippen LogP contribution < -0.4 is 0 Å². The Morgan fingerprint density at radius 3 is 2.67 bits per heavy atom. The van der Waals surface area contributed by atoms with E-state index in [0.29, 0.717) is 5.69 Å². The minimum Gasteiger partial charge on any atom is -0.372 e. The zero-order chi connectivity index (χ0) is 9.35. The molecule has 0 saturated heterocycles. The van der Waals surface area contributed by atoms with Crippen molar-refractivity contribution in [3.05, 3.63) is 17.7 Å². The molecule has 1 aromatic rings. The van der Waals surface area contributed by atoms with Gasteiger partial charge in [0.1, 0.15) is 11.5 Å². The second-order valence-electron chi connectivity index (χ2n) is 3.00. The number of hydrogen-bond acceptors (Lipinski definition) is 2. The zero-order valence-electron chi connectivity index (χ0n) is 7.50. The van der Waals surface area contributed by atoms with Crippen molar-refractivity contribution in [2.75, 3.05) is 0 Å². The van der Waals surface area contributed by atoms with Gasteiger partial charge in [-0.05, 0) is 13.8 Å². The number of nitrogens with zero attached hydrogens (tertiary/aromatic N) is 2. The van der Waals surface area contributed by atoms with Crippen LogP contribution in [-0.4, -0.2) is 14.7 Å². The van der Waals surface area contributed by atoms with Gasteiger partial charge in [-0.2, -0.15) is 0 Å². The standard InChI is InChI=1S/C9H12N2O/c1-5-9(3,12)8-6-11(4)7(2)10-8/h1,6,12H,2-4H3/t9-/m0/s1. The van der Waals surface area contributed by atoms with Gasteiger partial charge >= 0.3 is 0 Å². The van der Waals surface area contributed by atoms with Crippen molar-refractivity contribution in [1.29, 1.82) is 0 Å².